The normalized spacial score (nSPS) is 19.5. The Labute approximate surface area is 175 Å². The Morgan fingerprint density at radius 3 is 1.81 bits per heavy atom. The standard InChI is InChI=1S/C21H33O2P.ClH.Pd/c1-22-17-14-15-20(23-2)21(16-17)24(3,18-10-6-4-7-11-18)19-12-8-5-9-13-19;;/h14-16,18-19H,3-13H2,1-2H3;1H;/q;;+2/p-1. The molecule has 0 aromatic heterocycles. The SMILES string of the molecule is [CH2-][P+](c1cc(OC)ccc1OC)(C1CCCCC1)C1CCCCC1.[Cl][Pd+]. The maximum atomic E-state index is 5.80. The minimum absolute atomic E-state index is 0.773. The van der Waals surface area contributed by atoms with Crippen LogP contribution in [0, 0.1) is 6.66 Å². The predicted molar refractivity (Wildman–Crippen MR) is 111 cm³/mol. The van der Waals surface area contributed by atoms with E-state index >= 15 is 0 Å². The molecule has 1 aromatic rings. The van der Waals surface area contributed by atoms with Crippen LogP contribution < -0.4 is 14.8 Å². The molecule has 2 saturated carbocycles. The quantitative estimate of drug-likeness (QED) is 0.267. The summed E-state index contributed by atoms with van der Waals surface area (Å²) in [6.07, 6.45) is 13.7. The maximum absolute atomic E-state index is 5.80. The van der Waals surface area contributed by atoms with Crippen molar-refractivity contribution in [3.05, 3.63) is 24.9 Å². The van der Waals surface area contributed by atoms with E-state index in [1.807, 2.05) is 6.07 Å². The van der Waals surface area contributed by atoms with Crippen LogP contribution in [0.1, 0.15) is 64.2 Å². The zero-order chi connectivity index (χ0) is 19.0. The first-order valence-electron chi connectivity index (χ1n) is 9.77. The van der Waals surface area contributed by atoms with Crippen LogP contribution in [0.3, 0.4) is 0 Å². The van der Waals surface area contributed by atoms with E-state index < -0.39 is 7.26 Å². The summed E-state index contributed by atoms with van der Waals surface area (Å²) >= 11 is 2.22. The molecule has 0 amide bonds. The van der Waals surface area contributed by atoms with E-state index in [2.05, 4.69) is 39.8 Å². The monoisotopic (exact) mass is 489 g/mol. The summed E-state index contributed by atoms with van der Waals surface area (Å²) in [6, 6.07) is 6.37. The van der Waals surface area contributed by atoms with E-state index in [1.165, 1.54) is 69.5 Å². The molecule has 0 radical (unpaired) electrons. The molecule has 2 fully saturated rings. The van der Waals surface area contributed by atoms with Crippen LogP contribution in [-0.2, 0) is 18.2 Å². The zero-order valence-corrected chi connectivity index (χ0v) is 19.3. The van der Waals surface area contributed by atoms with Gasteiger partial charge < -0.3 is 9.47 Å². The molecule has 0 saturated heterocycles. The third kappa shape index (κ3) is 4.97. The van der Waals surface area contributed by atoms with Gasteiger partial charge in [0.05, 0.1) is 14.2 Å². The van der Waals surface area contributed by atoms with E-state index in [9.17, 15) is 0 Å². The molecule has 5 heteroatoms. The van der Waals surface area contributed by atoms with Crippen molar-refractivity contribution in [1.82, 2.24) is 0 Å². The molecule has 0 bridgehead atoms. The van der Waals surface area contributed by atoms with Crippen LogP contribution in [-0.4, -0.2) is 25.5 Å². The van der Waals surface area contributed by atoms with Gasteiger partial charge >= 0.3 is 27.7 Å². The molecule has 3 rings (SSSR count). The molecular weight excluding hydrogens is 457 g/mol. The van der Waals surface area contributed by atoms with Gasteiger partial charge in [-0.05, 0) is 63.5 Å². The number of halogens is 1. The molecule has 0 heterocycles. The molecule has 0 spiro atoms. The molecule has 1 aromatic carbocycles. The number of methoxy groups -OCH3 is 2. The molecule has 2 aliphatic carbocycles. The van der Waals surface area contributed by atoms with Crippen LogP contribution in [0.25, 0.3) is 0 Å². The van der Waals surface area contributed by atoms with E-state index in [0.717, 1.165) is 22.8 Å². The number of benzene rings is 1. The van der Waals surface area contributed by atoms with Crippen molar-refractivity contribution in [2.24, 2.45) is 0 Å². The van der Waals surface area contributed by atoms with Gasteiger partial charge in [0.1, 0.15) is 11.1 Å². The molecular formula is C21H33ClO2PPd+. The molecule has 26 heavy (non-hydrogen) atoms. The summed E-state index contributed by atoms with van der Waals surface area (Å²) < 4.78 is 11.4. The molecule has 0 aliphatic heterocycles. The van der Waals surface area contributed by atoms with Gasteiger partial charge in [-0.15, -0.1) is 0 Å². The van der Waals surface area contributed by atoms with Crippen molar-refractivity contribution < 1.29 is 27.7 Å². The van der Waals surface area contributed by atoms with Gasteiger partial charge in [-0.1, -0.05) is 20.1 Å². The first-order valence-corrected chi connectivity index (χ1v) is 13.9. The van der Waals surface area contributed by atoms with Crippen LogP contribution in [0.5, 0.6) is 11.5 Å². The topological polar surface area (TPSA) is 18.5 Å². The summed E-state index contributed by atoms with van der Waals surface area (Å²) in [6.45, 7) is 5.05. The first kappa shape index (κ1) is 22.5. The van der Waals surface area contributed by atoms with Crippen molar-refractivity contribution in [1.29, 1.82) is 0 Å². The van der Waals surface area contributed by atoms with E-state index in [0.29, 0.717) is 0 Å². The second-order valence-corrected chi connectivity index (χ2v) is 11.4. The van der Waals surface area contributed by atoms with Gasteiger partial charge in [-0.2, -0.15) is 6.66 Å². The number of ether oxygens (including phenoxy) is 2. The molecule has 150 valence electrons. The van der Waals surface area contributed by atoms with Crippen LogP contribution in [0.4, 0.5) is 0 Å². The van der Waals surface area contributed by atoms with Gasteiger partial charge in [0, 0.05) is 17.4 Å². The van der Waals surface area contributed by atoms with Crippen molar-refractivity contribution in [2.45, 2.75) is 75.5 Å². The van der Waals surface area contributed by atoms with Crippen molar-refractivity contribution >= 4 is 22.1 Å². The minimum atomic E-state index is -1.52. The molecule has 2 aliphatic rings. The Kier molecular flexibility index (Phi) is 9.74. The van der Waals surface area contributed by atoms with Crippen molar-refractivity contribution in [2.75, 3.05) is 14.2 Å². The third-order valence-electron chi connectivity index (χ3n) is 6.29. The average Bonchev–Trinajstić information content (AvgIpc) is 2.75. The average molecular weight is 490 g/mol. The van der Waals surface area contributed by atoms with E-state index in [1.54, 1.807) is 14.2 Å². The Morgan fingerprint density at radius 2 is 1.38 bits per heavy atom. The third-order valence-corrected chi connectivity index (χ3v) is 11.2. The van der Waals surface area contributed by atoms with Gasteiger partial charge in [0.15, 0.2) is 5.75 Å². The summed E-state index contributed by atoms with van der Waals surface area (Å²) in [5.74, 6) is 1.99. The number of hydrogen-bond donors (Lipinski definition) is 0. The van der Waals surface area contributed by atoms with Gasteiger partial charge in [0.25, 0.3) is 0 Å². The summed E-state index contributed by atoms with van der Waals surface area (Å²) in [5, 5.41) is 1.39. The molecule has 0 unspecified atom stereocenters. The van der Waals surface area contributed by atoms with Crippen LogP contribution in [0.15, 0.2) is 18.2 Å². The van der Waals surface area contributed by atoms with Crippen molar-refractivity contribution in [3.63, 3.8) is 0 Å². The van der Waals surface area contributed by atoms with Crippen LogP contribution >= 0.6 is 16.8 Å². The molecule has 0 atom stereocenters. The Morgan fingerprint density at radius 1 is 0.885 bits per heavy atom. The molecule has 2 nitrogen and oxygen atoms in total. The second kappa shape index (κ2) is 11.3. The van der Waals surface area contributed by atoms with E-state index in [4.69, 9.17) is 16.1 Å². The van der Waals surface area contributed by atoms with Crippen LogP contribution in [0.2, 0.25) is 0 Å². The van der Waals surface area contributed by atoms with Gasteiger partial charge in [-0.25, -0.2) is 0 Å². The fraction of sp³-hybridized carbons (Fsp3) is 0.667. The second-order valence-electron chi connectivity index (χ2n) is 7.55. The zero-order valence-electron chi connectivity index (χ0n) is 16.1. The fourth-order valence-corrected chi connectivity index (χ4v) is 9.80. The predicted octanol–water partition coefficient (Wildman–Crippen LogP) is 6.49. The van der Waals surface area contributed by atoms with Crippen molar-refractivity contribution in [3.8, 4) is 11.5 Å². The Hall–Kier alpha value is 0.202. The summed E-state index contributed by atoms with van der Waals surface area (Å²) in [7, 11) is 6.53. The number of rotatable bonds is 5. The molecule has 0 N–H and O–H groups in total. The summed E-state index contributed by atoms with van der Waals surface area (Å²) in [5.41, 5.74) is 1.55. The Bertz CT molecular complexity index is 525. The first-order chi connectivity index (χ1) is 12.7. The fourth-order valence-electron chi connectivity index (χ4n) is 4.90. The number of hydrogen-bond acceptors (Lipinski definition) is 2. The van der Waals surface area contributed by atoms with Gasteiger partial charge in [-0.3, -0.25) is 0 Å². The Balaban J connectivity index is 0.00000117. The van der Waals surface area contributed by atoms with E-state index in [-0.39, 0.29) is 0 Å². The summed E-state index contributed by atoms with van der Waals surface area (Å²) in [4.78, 5) is 0. The van der Waals surface area contributed by atoms with Gasteiger partial charge in [0.2, 0.25) is 0 Å².